The van der Waals surface area contributed by atoms with Crippen LogP contribution in [-0.2, 0) is 9.53 Å². The molecule has 1 rings (SSSR count). The number of carboxylic acid groups (broad SMARTS) is 1. The van der Waals surface area contributed by atoms with Gasteiger partial charge in [-0.2, -0.15) is 0 Å². The van der Waals surface area contributed by atoms with Crippen LogP contribution in [0.1, 0.15) is 32.6 Å². The van der Waals surface area contributed by atoms with E-state index in [0.717, 1.165) is 25.9 Å². The van der Waals surface area contributed by atoms with Gasteiger partial charge in [-0.25, -0.2) is 9.59 Å². The minimum absolute atomic E-state index is 0.0704. The van der Waals surface area contributed by atoms with Gasteiger partial charge in [-0.15, -0.1) is 0 Å². The number of ether oxygens (including phenoxy) is 1. The molecule has 0 aliphatic carbocycles. The van der Waals surface area contributed by atoms with Gasteiger partial charge < -0.3 is 19.6 Å². The first-order valence-corrected chi connectivity index (χ1v) is 6.79. The average Bonchev–Trinajstić information content (AvgIpc) is 2.39. The van der Waals surface area contributed by atoms with Crippen LogP contribution in [0.4, 0.5) is 4.79 Å². The lowest BCUT2D eigenvalue weighted by Crippen LogP contribution is -2.49. The molecular formula is C13H24N2O4. The molecule has 0 aromatic rings. The number of amides is 2. The third-order valence-electron chi connectivity index (χ3n) is 3.52. The maximum atomic E-state index is 12.2. The van der Waals surface area contributed by atoms with Crippen molar-refractivity contribution in [2.24, 2.45) is 0 Å². The van der Waals surface area contributed by atoms with Gasteiger partial charge in [0.05, 0.1) is 6.10 Å². The molecule has 110 valence electrons. The predicted octanol–water partition coefficient (Wildman–Crippen LogP) is 1.40. The fraction of sp³-hybridized carbons (Fsp3) is 0.846. The average molecular weight is 272 g/mol. The maximum absolute atomic E-state index is 12.2. The standard InChI is InChI=1S/C13H24N2O4/c1-4-11(12(16)17)15(3)13(18)14(2)9-10-7-5-6-8-19-10/h10-11H,4-9H2,1-3H3,(H,16,17). The summed E-state index contributed by atoms with van der Waals surface area (Å²) in [5, 5.41) is 9.06. The molecule has 0 spiro atoms. The molecule has 1 saturated heterocycles. The van der Waals surface area contributed by atoms with Gasteiger partial charge in [0.1, 0.15) is 6.04 Å². The van der Waals surface area contributed by atoms with E-state index >= 15 is 0 Å². The van der Waals surface area contributed by atoms with Crippen LogP contribution in [0.2, 0.25) is 0 Å². The minimum atomic E-state index is -0.972. The van der Waals surface area contributed by atoms with Crippen LogP contribution < -0.4 is 0 Å². The summed E-state index contributed by atoms with van der Waals surface area (Å²) in [6.07, 6.45) is 3.62. The summed E-state index contributed by atoms with van der Waals surface area (Å²) in [7, 11) is 3.22. The molecule has 0 bridgehead atoms. The molecule has 2 unspecified atom stereocenters. The Balaban J connectivity index is 2.52. The molecule has 0 radical (unpaired) electrons. The molecule has 1 aliphatic heterocycles. The summed E-state index contributed by atoms with van der Waals surface area (Å²) in [5.41, 5.74) is 0. The number of carboxylic acids is 1. The summed E-state index contributed by atoms with van der Waals surface area (Å²) in [4.78, 5) is 26.0. The zero-order chi connectivity index (χ0) is 14.4. The van der Waals surface area contributed by atoms with Crippen molar-refractivity contribution in [2.75, 3.05) is 27.2 Å². The number of hydrogen-bond donors (Lipinski definition) is 1. The number of urea groups is 1. The molecule has 0 saturated carbocycles. The first kappa shape index (κ1) is 15.8. The van der Waals surface area contributed by atoms with Gasteiger partial charge in [-0.1, -0.05) is 6.92 Å². The van der Waals surface area contributed by atoms with Crippen molar-refractivity contribution in [1.82, 2.24) is 9.80 Å². The minimum Gasteiger partial charge on any atom is -0.480 e. The Morgan fingerprint density at radius 3 is 2.53 bits per heavy atom. The Morgan fingerprint density at radius 1 is 1.37 bits per heavy atom. The zero-order valence-corrected chi connectivity index (χ0v) is 12.0. The Kier molecular flexibility index (Phi) is 6.08. The number of likely N-dealkylation sites (N-methyl/N-ethyl adjacent to an activating group) is 2. The third-order valence-corrected chi connectivity index (χ3v) is 3.52. The smallest absolute Gasteiger partial charge is 0.326 e. The van der Waals surface area contributed by atoms with E-state index in [4.69, 9.17) is 9.84 Å². The SMILES string of the molecule is CCC(C(=O)O)N(C)C(=O)N(C)CC1CCCCO1. The van der Waals surface area contributed by atoms with Crippen molar-refractivity contribution in [3.05, 3.63) is 0 Å². The highest BCUT2D eigenvalue weighted by Crippen LogP contribution is 2.14. The van der Waals surface area contributed by atoms with Gasteiger partial charge in [-0.05, 0) is 25.7 Å². The van der Waals surface area contributed by atoms with E-state index in [9.17, 15) is 9.59 Å². The number of nitrogens with zero attached hydrogens (tertiary/aromatic N) is 2. The molecular weight excluding hydrogens is 248 g/mol. The molecule has 0 aromatic heterocycles. The molecule has 1 fully saturated rings. The van der Waals surface area contributed by atoms with E-state index in [1.165, 1.54) is 11.9 Å². The molecule has 0 aromatic carbocycles. The summed E-state index contributed by atoms with van der Waals surface area (Å²) >= 11 is 0. The topological polar surface area (TPSA) is 70.1 Å². The first-order chi connectivity index (χ1) is 8.97. The normalized spacial score (nSPS) is 20.7. The number of aliphatic carboxylic acids is 1. The highest BCUT2D eigenvalue weighted by molar-refractivity contribution is 5.82. The lowest BCUT2D eigenvalue weighted by Gasteiger charge is -2.32. The van der Waals surface area contributed by atoms with E-state index in [-0.39, 0.29) is 12.1 Å². The van der Waals surface area contributed by atoms with Gasteiger partial charge in [0.25, 0.3) is 0 Å². The number of hydrogen-bond acceptors (Lipinski definition) is 3. The van der Waals surface area contributed by atoms with Crippen molar-refractivity contribution < 1.29 is 19.4 Å². The second-order valence-corrected chi connectivity index (χ2v) is 5.02. The molecule has 2 amide bonds. The summed E-state index contributed by atoms with van der Waals surface area (Å²) in [5.74, 6) is -0.972. The molecule has 6 nitrogen and oxygen atoms in total. The third kappa shape index (κ3) is 4.38. The van der Waals surface area contributed by atoms with Crippen molar-refractivity contribution in [3.63, 3.8) is 0 Å². The second kappa shape index (κ2) is 7.33. The van der Waals surface area contributed by atoms with Gasteiger partial charge in [0, 0.05) is 27.2 Å². The van der Waals surface area contributed by atoms with Crippen LogP contribution in [-0.4, -0.2) is 66.3 Å². The van der Waals surface area contributed by atoms with Crippen LogP contribution in [0, 0.1) is 0 Å². The van der Waals surface area contributed by atoms with Crippen molar-refractivity contribution in [2.45, 2.75) is 44.8 Å². The van der Waals surface area contributed by atoms with E-state index in [1.807, 2.05) is 0 Å². The van der Waals surface area contributed by atoms with E-state index in [1.54, 1.807) is 18.9 Å². The predicted molar refractivity (Wildman–Crippen MR) is 71.1 cm³/mol. The molecule has 19 heavy (non-hydrogen) atoms. The Hall–Kier alpha value is -1.30. The fourth-order valence-corrected chi connectivity index (χ4v) is 2.35. The number of rotatable bonds is 5. The molecule has 1 heterocycles. The first-order valence-electron chi connectivity index (χ1n) is 6.79. The van der Waals surface area contributed by atoms with Crippen molar-refractivity contribution in [3.8, 4) is 0 Å². The quantitative estimate of drug-likeness (QED) is 0.821. The van der Waals surface area contributed by atoms with Crippen LogP contribution in [0.25, 0.3) is 0 Å². The Morgan fingerprint density at radius 2 is 2.05 bits per heavy atom. The summed E-state index contributed by atoms with van der Waals surface area (Å²) in [6.45, 7) is 3.02. The summed E-state index contributed by atoms with van der Waals surface area (Å²) in [6, 6.07) is -1.05. The lowest BCUT2D eigenvalue weighted by molar-refractivity contribution is -0.142. The van der Waals surface area contributed by atoms with Crippen molar-refractivity contribution in [1.29, 1.82) is 0 Å². The molecule has 6 heteroatoms. The van der Waals surface area contributed by atoms with E-state index in [2.05, 4.69) is 0 Å². The molecule has 1 N–H and O–H groups in total. The van der Waals surface area contributed by atoms with Crippen LogP contribution >= 0.6 is 0 Å². The Bertz CT molecular complexity index is 316. The van der Waals surface area contributed by atoms with Gasteiger partial charge >= 0.3 is 12.0 Å². The lowest BCUT2D eigenvalue weighted by atomic mass is 10.1. The monoisotopic (exact) mass is 272 g/mol. The second-order valence-electron chi connectivity index (χ2n) is 5.02. The summed E-state index contributed by atoms with van der Waals surface area (Å²) < 4.78 is 5.58. The van der Waals surface area contributed by atoms with Crippen LogP contribution in [0.15, 0.2) is 0 Å². The molecule has 2 atom stereocenters. The highest BCUT2D eigenvalue weighted by Gasteiger charge is 2.28. The van der Waals surface area contributed by atoms with Gasteiger partial charge in [0.2, 0.25) is 0 Å². The fourth-order valence-electron chi connectivity index (χ4n) is 2.35. The van der Waals surface area contributed by atoms with Crippen LogP contribution in [0.5, 0.6) is 0 Å². The highest BCUT2D eigenvalue weighted by atomic mass is 16.5. The maximum Gasteiger partial charge on any atom is 0.326 e. The Labute approximate surface area is 114 Å². The van der Waals surface area contributed by atoms with E-state index < -0.39 is 12.0 Å². The zero-order valence-electron chi connectivity index (χ0n) is 12.0. The molecule has 1 aliphatic rings. The van der Waals surface area contributed by atoms with Crippen molar-refractivity contribution >= 4 is 12.0 Å². The van der Waals surface area contributed by atoms with Crippen LogP contribution in [0.3, 0.4) is 0 Å². The van der Waals surface area contributed by atoms with E-state index in [0.29, 0.717) is 13.0 Å². The van der Waals surface area contributed by atoms with Gasteiger partial charge in [0.15, 0.2) is 0 Å². The number of carbonyl (C=O) groups excluding carboxylic acids is 1. The number of carbonyl (C=O) groups is 2. The largest absolute Gasteiger partial charge is 0.480 e. The van der Waals surface area contributed by atoms with Gasteiger partial charge in [-0.3, -0.25) is 0 Å².